The molecule has 0 atom stereocenters. The van der Waals surface area contributed by atoms with Crippen LogP contribution in [0.5, 0.6) is 0 Å². The Balaban J connectivity index is 3.16. The van der Waals surface area contributed by atoms with Crippen LogP contribution in [0.1, 0.15) is 61.4 Å². The van der Waals surface area contributed by atoms with E-state index in [1.807, 2.05) is 27.7 Å². The largest absolute Gasteiger partial charge is 0.294 e. The van der Waals surface area contributed by atoms with E-state index in [-0.39, 0.29) is 22.7 Å². The smallest absolute Gasteiger partial charge is 0.171 e. The molecule has 0 saturated carbocycles. The van der Waals surface area contributed by atoms with Gasteiger partial charge in [-0.2, -0.15) is 0 Å². The molecule has 1 rings (SSSR count). The van der Waals surface area contributed by atoms with Gasteiger partial charge in [-0.15, -0.1) is 11.3 Å². The molecule has 0 unspecified atom stereocenters. The summed E-state index contributed by atoms with van der Waals surface area (Å²) in [7, 11) is -3.12. The SMILES string of the molecule is CCCS(=O)(=O)Cc1nc(C(C)(C)C)c(C(C)=O)s1. The molecule has 1 aromatic heterocycles. The number of ketones is 1. The van der Waals surface area contributed by atoms with Crippen LogP contribution in [0, 0.1) is 0 Å². The summed E-state index contributed by atoms with van der Waals surface area (Å²) >= 11 is 1.21. The zero-order valence-corrected chi connectivity index (χ0v) is 13.7. The van der Waals surface area contributed by atoms with Crippen molar-refractivity contribution in [2.45, 2.75) is 52.2 Å². The van der Waals surface area contributed by atoms with Crippen LogP contribution in [0.4, 0.5) is 0 Å². The minimum atomic E-state index is -3.12. The number of rotatable bonds is 5. The molecule has 4 nitrogen and oxygen atoms in total. The maximum Gasteiger partial charge on any atom is 0.171 e. The van der Waals surface area contributed by atoms with Gasteiger partial charge >= 0.3 is 0 Å². The minimum absolute atomic E-state index is 0.0541. The van der Waals surface area contributed by atoms with Crippen molar-refractivity contribution >= 4 is 27.0 Å². The van der Waals surface area contributed by atoms with Crippen LogP contribution in [0.3, 0.4) is 0 Å². The van der Waals surface area contributed by atoms with Crippen molar-refractivity contribution < 1.29 is 13.2 Å². The van der Waals surface area contributed by atoms with Crippen LogP contribution in [0.2, 0.25) is 0 Å². The molecule has 19 heavy (non-hydrogen) atoms. The van der Waals surface area contributed by atoms with Crippen molar-refractivity contribution in [3.8, 4) is 0 Å². The van der Waals surface area contributed by atoms with Gasteiger partial charge in [0.1, 0.15) is 10.8 Å². The van der Waals surface area contributed by atoms with Gasteiger partial charge in [0, 0.05) is 12.3 Å². The number of thiazole rings is 1. The predicted molar refractivity (Wildman–Crippen MR) is 78.6 cm³/mol. The van der Waals surface area contributed by atoms with Crippen molar-refractivity contribution in [2.24, 2.45) is 0 Å². The Kier molecular flexibility index (Phi) is 4.90. The van der Waals surface area contributed by atoms with E-state index in [4.69, 9.17) is 0 Å². The Hall–Kier alpha value is -0.750. The highest BCUT2D eigenvalue weighted by Crippen LogP contribution is 2.30. The zero-order chi connectivity index (χ0) is 14.8. The highest BCUT2D eigenvalue weighted by molar-refractivity contribution is 7.90. The average molecular weight is 303 g/mol. The lowest BCUT2D eigenvalue weighted by Crippen LogP contribution is -2.16. The molecule has 0 aliphatic carbocycles. The Morgan fingerprint density at radius 1 is 1.32 bits per heavy atom. The summed E-state index contributed by atoms with van der Waals surface area (Å²) in [6, 6.07) is 0. The van der Waals surface area contributed by atoms with Crippen LogP contribution >= 0.6 is 11.3 Å². The summed E-state index contributed by atoms with van der Waals surface area (Å²) in [5.74, 6) is 0.0379. The molecule has 0 radical (unpaired) electrons. The lowest BCUT2D eigenvalue weighted by molar-refractivity contribution is 0.101. The first-order chi connectivity index (χ1) is 8.57. The zero-order valence-electron chi connectivity index (χ0n) is 12.1. The van der Waals surface area contributed by atoms with Crippen LogP contribution in [0.25, 0.3) is 0 Å². The van der Waals surface area contributed by atoms with Crippen LogP contribution < -0.4 is 0 Å². The molecule has 0 N–H and O–H groups in total. The quantitative estimate of drug-likeness (QED) is 0.784. The van der Waals surface area contributed by atoms with E-state index in [0.717, 1.165) is 0 Å². The minimum Gasteiger partial charge on any atom is -0.294 e. The molecule has 0 aromatic carbocycles. The maximum atomic E-state index is 11.8. The van der Waals surface area contributed by atoms with Crippen molar-refractivity contribution in [3.63, 3.8) is 0 Å². The second-order valence-electron chi connectivity index (χ2n) is 5.68. The summed E-state index contributed by atoms with van der Waals surface area (Å²) in [6.07, 6.45) is 0.597. The van der Waals surface area contributed by atoms with Gasteiger partial charge in [-0.3, -0.25) is 4.79 Å². The van der Waals surface area contributed by atoms with E-state index in [9.17, 15) is 13.2 Å². The number of carbonyl (C=O) groups is 1. The number of sulfone groups is 1. The van der Waals surface area contributed by atoms with Gasteiger partial charge < -0.3 is 0 Å². The van der Waals surface area contributed by atoms with E-state index in [0.29, 0.717) is 22.0 Å². The van der Waals surface area contributed by atoms with E-state index in [1.54, 1.807) is 0 Å². The number of Topliss-reactive ketones (excluding diaryl/α,β-unsaturated/α-hetero) is 1. The molecule has 1 heterocycles. The van der Waals surface area contributed by atoms with Crippen LogP contribution in [-0.2, 0) is 21.0 Å². The molecule has 0 bridgehead atoms. The van der Waals surface area contributed by atoms with Gasteiger partial charge in [-0.25, -0.2) is 13.4 Å². The monoisotopic (exact) mass is 303 g/mol. The van der Waals surface area contributed by atoms with Crippen LogP contribution in [-0.4, -0.2) is 24.9 Å². The van der Waals surface area contributed by atoms with Crippen molar-refractivity contribution in [2.75, 3.05) is 5.75 Å². The third kappa shape index (κ3) is 4.38. The van der Waals surface area contributed by atoms with E-state index in [2.05, 4.69) is 4.98 Å². The molecule has 0 aliphatic heterocycles. The molecule has 0 saturated heterocycles. The fourth-order valence-corrected chi connectivity index (χ4v) is 4.69. The fraction of sp³-hybridized carbons (Fsp3) is 0.692. The molecule has 0 amide bonds. The lowest BCUT2D eigenvalue weighted by atomic mass is 9.91. The average Bonchev–Trinajstić information content (AvgIpc) is 2.59. The summed E-state index contributed by atoms with van der Waals surface area (Å²) in [4.78, 5) is 16.6. The van der Waals surface area contributed by atoms with Crippen LogP contribution in [0.15, 0.2) is 0 Å². The standard InChI is InChI=1S/C13H21NO3S2/c1-6-7-19(16,17)8-10-14-12(13(3,4)5)11(18-10)9(2)15/h6-8H2,1-5H3. The fourth-order valence-electron chi connectivity index (χ4n) is 1.74. The van der Waals surface area contributed by atoms with Gasteiger partial charge in [-0.1, -0.05) is 27.7 Å². The van der Waals surface area contributed by atoms with Gasteiger partial charge in [0.05, 0.1) is 16.3 Å². The highest BCUT2D eigenvalue weighted by Gasteiger charge is 2.26. The molecule has 6 heteroatoms. The second-order valence-corrected chi connectivity index (χ2v) is 8.95. The van der Waals surface area contributed by atoms with Crippen molar-refractivity contribution in [3.05, 3.63) is 15.6 Å². The Morgan fingerprint density at radius 2 is 1.89 bits per heavy atom. The molecular weight excluding hydrogens is 282 g/mol. The van der Waals surface area contributed by atoms with Gasteiger partial charge in [0.15, 0.2) is 15.6 Å². The second kappa shape index (κ2) is 5.71. The highest BCUT2D eigenvalue weighted by atomic mass is 32.2. The normalized spacial score (nSPS) is 12.7. The number of carbonyl (C=O) groups excluding carboxylic acids is 1. The number of nitrogens with zero attached hydrogens (tertiary/aromatic N) is 1. The van der Waals surface area contributed by atoms with E-state index in [1.165, 1.54) is 18.3 Å². The third-order valence-electron chi connectivity index (χ3n) is 2.56. The molecular formula is C13H21NO3S2. The molecule has 1 aromatic rings. The lowest BCUT2D eigenvalue weighted by Gasteiger charge is -2.16. The van der Waals surface area contributed by atoms with Gasteiger partial charge in [0.25, 0.3) is 0 Å². The van der Waals surface area contributed by atoms with Gasteiger partial charge in [0.2, 0.25) is 0 Å². The van der Waals surface area contributed by atoms with E-state index < -0.39 is 9.84 Å². The first kappa shape index (κ1) is 16.3. The number of hydrogen-bond acceptors (Lipinski definition) is 5. The molecule has 0 aliphatic rings. The first-order valence-corrected chi connectivity index (χ1v) is 8.92. The topological polar surface area (TPSA) is 64.1 Å². The summed E-state index contributed by atoms with van der Waals surface area (Å²) in [5, 5.41) is 0.517. The maximum absolute atomic E-state index is 11.8. The first-order valence-electron chi connectivity index (χ1n) is 6.28. The summed E-state index contributed by atoms with van der Waals surface area (Å²) < 4.78 is 23.6. The Bertz CT molecular complexity index is 565. The van der Waals surface area contributed by atoms with E-state index >= 15 is 0 Å². The predicted octanol–water partition coefficient (Wildman–Crippen LogP) is 2.97. The summed E-state index contributed by atoms with van der Waals surface area (Å²) in [6.45, 7) is 9.24. The third-order valence-corrected chi connectivity index (χ3v) is 5.64. The van der Waals surface area contributed by atoms with Crippen molar-refractivity contribution in [1.82, 2.24) is 4.98 Å². The molecule has 0 fully saturated rings. The van der Waals surface area contributed by atoms with Gasteiger partial charge in [-0.05, 0) is 6.42 Å². The summed E-state index contributed by atoms with van der Waals surface area (Å²) in [5.41, 5.74) is 0.441. The number of aromatic nitrogens is 1. The van der Waals surface area contributed by atoms with Crippen molar-refractivity contribution in [1.29, 1.82) is 0 Å². The number of hydrogen-bond donors (Lipinski definition) is 0. The Labute approximate surface area is 119 Å². The molecule has 0 spiro atoms. The molecule has 108 valence electrons. The Morgan fingerprint density at radius 3 is 2.26 bits per heavy atom.